The molecule has 0 fully saturated rings. The van der Waals surface area contributed by atoms with E-state index in [2.05, 4.69) is 104 Å². The second-order valence-corrected chi connectivity index (χ2v) is 14.9. The van der Waals surface area contributed by atoms with Crippen molar-refractivity contribution < 1.29 is 24.2 Å². The van der Waals surface area contributed by atoms with Crippen LogP contribution in [0.5, 0.6) is 0 Å². The van der Waals surface area contributed by atoms with Gasteiger partial charge in [-0.3, -0.25) is 14.4 Å². The van der Waals surface area contributed by atoms with Crippen molar-refractivity contribution in [2.75, 3.05) is 6.54 Å². The highest BCUT2D eigenvalue weighted by Crippen LogP contribution is 2.17. The van der Waals surface area contributed by atoms with Crippen LogP contribution in [0.2, 0.25) is 0 Å². The number of hydrogen-bond donors (Lipinski definition) is 2. The van der Waals surface area contributed by atoms with Crippen molar-refractivity contribution >= 4 is 17.8 Å². The minimum Gasteiger partial charge on any atom is -0.480 e. The van der Waals surface area contributed by atoms with Crippen LogP contribution >= 0.6 is 0 Å². The molecular formula is C50H83NO5. The molecule has 0 aliphatic rings. The summed E-state index contributed by atoms with van der Waals surface area (Å²) in [7, 11) is 0. The van der Waals surface area contributed by atoms with Gasteiger partial charge in [0.05, 0.1) is 0 Å². The topological polar surface area (TPSA) is 92.7 Å². The monoisotopic (exact) mass is 778 g/mol. The van der Waals surface area contributed by atoms with Crippen molar-refractivity contribution in [2.45, 2.75) is 206 Å². The van der Waals surface area contributed by atoms with Gasteiger partial charge >= 0.3 is 11.9 Å². The highest BCUT2D eigenvalue weighted by Gasteiger charge is 2.14. The predicted molar refractivity (Wildman–Crippen MR) is 240 cm³/mol. The summed E-state index contributed by atoms with van der Waals surface area (Å²) in [6.07, 6.45) is 61.3. The molecule has 0 aromatic carbocycles. The lowest BCUT2D eigenvalue weighted by Gasteiger charge is -2.18. The highest BCUT2D eigenvalue weighted by molar-refractivity contribution is 5.80. The Morgan fingerprint density at radius 3 is 1.41 bits per heavy atom. The number of carboxylic acids is 1. The van der Waals surface area contributed by atoms with Crippen molar-refractivity contribution in [1.82, 2.24) is 5.32 Å². The van der Waals surface area contributed by atoms with Crippen LogP contribution in [-0.4, -0.2) is 35.6 Å². The first-order valence-corrected chi connectivity index (χ1v) is 22.7. The Hall–Kier alpha value is -3.41. The number of unbranched alkanes of at least 4 members (excludes halogenated alkanes) is 15. The highest BCUT2D eigenvalue weighted by atomic mass is 16.5. The zero-order chi connectivity index (χ0) is 40.8. The van der Waals surface area contributed by atoms with Crippen molar-refractivity contribution in [3.63, 3.8) is 0 Å². The van der Waals surface area contributed by atoms with Gasteiger partial charge in [0.25, 0.3) is 0 Å². The SMILES string of the molecule is CC/C=C\C/C=C\C/C=C\C/C=C\C/C=C\CCCCCCCC(=O)OC(CCC/C=C\C/C=C\CCCCCCC)CCCCCCCC(=O)NCC(=O)O. The second kappa shape index (κ2) is 44.3. The van der Waals surface area contributed by atoms with E-state index in [4.69, 9.17) is 9.84 Å². The van der Waals surface area contributed by atoms with Gasteiger partial charge in [0.1, 0.15) is 12.6 Å². The number of carbonyl (C=O) groups is 3. The summed E-state index contributed by atoms with van der Waals surface area (Å²) in [4.78, 5) is 35.1. The molecule has 0 bridgehead atoms. The molecule has 6 nitrogen and oxygen atoms in total. The van der Waals surface area contributed by atoms with Crippen LogP contribution in [0.1, 0.15) is 200 Å². The van der Waals surface area contributed by atoms with E-state index in [-0.39, 0.29) is 24.5 Å². The van der Waals surface area contributed by atoms with E-state index in [1.54, 1.807) is 0 Å². The number of carbonyl (C=O) groups excluding carboxylic acids is 2. The molecule has 0 spiro atoms. The largest absolute Gasteiger partial charge is 0.480 e. The van der Waals surface area contributed by atoms with Gasteiger partial charge in [-0.25, -0.2) is 0 Å². The zero-order valence-corrected chi connectivity index (χ0v) is 36.0. The van der Waals surface area contributed by atoms with Gasteiger partial charge < -0.3 is 15.2 Å². The molecule has 6 heteroatoms. The molecule has 0 saturated carbocycles. The summed E-state index contributed by atoms with van der Waals surface area (Å²) in [5.41, 5.74) is 0. The van der Waals surface area contributed by atoms with Gasteiger partial charge in [-0.05, 0) is 109 Å². The van der Waals surface area contributed by atoms with Gasteiger partial charge in [-0.1, -0.05) is 163 Å². The average molecular weight is 778 g/mol. The summed E-state index contributed by atoms with van der Waals surface area (Å²) in [5, 5.41) is 11.1. The molecule has 0 aromatic heterocycles. The molecule has 1 unspecified atom stereocenters. The zero-order valence-electron chi connectivity index (χ0n) is 36.0. The summed E-state index contributed by atoms with van der Waals surface area (Å²) in [5.74, 6) is -1.29. The fourth-order valence-electron chi connectivity index (χ4n) is 6.22. The van der Waals surface area contributed by atoms with E-state index in [0.717, 1.165) is 122 Å². The van der Waals surface area contributed by atoms with Gasteiger partial charge in [0.15, 0.2) is 0 Å². The minimum absolute atomic E-state index is 0.0335. The average Bonchev–Trinajstić information content (AvgIpc) is 3.18. The number of amides is 1. The van der Waals surface area contributed by atoms with E-state index < -0.39 is 5.97 Å². The molecule has 2 N–H and O–H groups in total. The lowest BCUT2D eigenvalue weighted by Crippen LogP contribution is -2.28. The van der Waals surface area contributed by atoms with Crippen molar-refractivity contribution in [2.24, 2.45) is 0 Å². The van der Waals surface area contributed by atoms with Crippen molar-refractivity contribution in [1.29, 1.82) is 0 Å². The lowest BCUT2D eigenvalue weighted by molar-refractivity contribution is -0.150. The Morgan fingerprint density at radius 2 is 0.893 bits per heavy atom. The Bertz CT molecular complexity index is 1130. The molecule has 1 amide bonds. The Morgan fingerprint density at radius 1 is 0.482 bits per heavy atom. The first-order chi connectivity index (χ1) is 27.5. The first-order valence-electron chi connectivity index (χ1n) is 22.7. The van der Waals surface area contributed by atoms with E-state index >= 15 is 0 Å². The molecule has 318 valence electrons. The molecule has 0 saturated heterocycles. The number of nitrogens with one attached hydrogen (secondary N) is 1. The van der Waals surface area contributed by atoms with Crippen LogP contribution in [0.25, 0.3) is 0 Å². The van der Waals surface area contributed by atoms with Crippen LogP contribution in [0.15, 0.2) is 85.1 Å². The van der Waals surface area contributed by atoms with Crippen LogP contribution < -0.4 is 5.32 Å². The Labute approximate surface area is 344 Å². The van der Waals surface area contributed by atoms with E-state index in [0.29, 0.717) is 12.8 Å². The summed E-state index contributed by atoms with van der Waals surface area (Å²) >= 11 is 0. The van der Waals surface area contributed by atoms with Crippen LogP contribution in [0.3, 0.4) is 0 Å². The summed E-state index contributed by atoms with van der Waals surface area (Å²) in [6, 6.07) is 0. The molecule has 0 aliphatic carbocycles. The van der Waals surface area contributed by atoms with Crippen LogP contribution in [0.4, 0.5) is 0 Å². The normalized spacial score (nSPS) is 12.9. The number of hydrogen-bond acceptors (Lipinski definition) is 4. The number of allylic oxidation sites excluding steroid dienone is 14. The third-order valence-corrected chi connectivity index (χ3v) is 9.55. The molecule has 0 aromatic rings. The summed E-state index contributed by atoms with van der Waals surface area (Å²) < 4.78 is 6.01. The number of carboxylic acid groups (broad SMARTS) is 1. The first kappa shape index (κ1) is 52.6. The number of rotatable bonds is 40. The second-order valence-electron chi connectivity index (χ2n) is 14.9. The molecule has 0 radical (unpaired) electrons. The molecule has 0 aliphatic heterocycles. The van der Waals surface area contributed by atoms with Crippen molar-refractivity contribution in [3.05, 3.63) is 85.1 Å². The molecule has 0 rings (SSSR count). The smallest absolute Gasteiger partial charge is 0.322 e. The summed E-state index contributed by atoms with van der Waals surface area (Å²) in [6.45, 7) is 4.09. The molecule has 1 atom stereocenters. The van der Waals surface area contributed by atoms with Gasteiger partial charge in [0, 0.05) is 12.8 Å². The number of ether oxygens (including phenoxy) is 1. The fraction of sp³-hybridized carbons (Fsp3) is 0.660. The molecule has 56 heavy (non-hydrogen) atoms. The van der Waals surface area contributed by atoms with Crippen molar-refractivity contribution in [3.8, 4) is 0 Å². The van der Waals surface area contributed by atoms with Gasteiger partial charge in [-0.15, -0.1) is 0 Å². The maximum atomic E-state index is 12.8. The third kappa shape index (κ3) is 43.3. The van der Waals surface area contributed by atoms with Gasteiger partial charge in [-0.2, -0.15) is 0 Å². The predicted octanol–water partition coefficient (Wildman–Crippen LogP) is 14.3. The fourth-order valence-corrected chi connectivity index (χ4v) is 6.22. The van der Waals surface area contributed by atoms with Crippen LogP contribution in [-0.2, 0) is 19.1 Å². The third-order valence-electron chi connectivity index (χ3n) is 9.55. The Kier molecular flexibility index (Phi) is 41.6. The van der Waals surface area contributed by atoms with E-state index in [9.17, 15) is 14.4 Å². The van der Waals surface area contributed by atoms with Gasteiger partial charge in [0.2, 0.25) is 5.91 Å². The lowest BCUT2D eigenvalue weighted by atomic mass is 10.0. The molecular weight excluding hydrogens is 695 g/mol. The minimum atomic E-state index is -1.02. The van der Waals surface area contributed by atoms with E-state index in [1.807, 2.05) is 0 Å². The number of esters is 1. The Balaban J connectivity index is 4.26. The number of aliphatic carboxylic acids is 1. The standard InChI is InChI=1S/C50H83NO5/c1-3-5-7-9-11-13-15-17-18-19-20-21-22-23-24-26-28-30-32-37-41-45-50(55)56-47(43-39-35-33-36-40-44-48(52)51-46-49(53)54)42-38-34-31-29-27-25-16-14-12-10-8-6-4-2/h5,7,11,13,16-18,20-21,23-25,29,31,47H,3-4,6,8-10,12,14-15,19,22,26-28,30,32-46H2,1-2H3,(H,51,52)(H,53,54)/b7-5-,13-11-,18-17-,21-20-,24-23-,25-16-,31-29-. The quantitative estimate of drug-likeness (QED) is 0.0367. The maximum absolute atomic E-state index is 12.8. The van der Waals surface area contributed by atoms with E-state index in [1.165, 1.54) is 51.4 Å². The molecule has 0 heterocycles. The van der Waals surface area contributed by atoms with Crippen LogP contribution in [0, 0.1) is 0 Å². The maximum Gasteiger partial charge on any atom is 0.322 e.